The first-order valence-electron chi connectivity index (χ1n) is 8.19. The fourth-order valence-electron chi connectivity index (χ4n) is 3.48. The Morgan fingerprint density at radius 2 is 2.00 bits per heavy atom. The lowest BCUT2D eigenvalue weighted by molar-refractivity contribution is -0.145. The van der Waals surface area contributed by atoms with Crippen molar-refractivity contribution in [3.8, 4) is 5.75 Å². The largest absolute Gasteiger partial charge is 0.492 e. The molecule has 1 saturated carbocycles. The lowest BCUT2D eigenvalue weighted by atomic mass is 9.69. The van der Waals surface area contributed by atoms with E-state index in [1.165, 1.54) is 0 Å². The third kappa shape index (κ3) is 3.26. The highest BCUT2D eigenvalue weighted by Crippen LogP contribution is 2.42. The third-order valence-electron chi connectivity index (χ3n) is 5.08. The van der Waals surface area contributed by atoms with E-state index in [1.807, 2.05) is 18.2 Å². The average Bonchev–Trinajstić information content (AvgIpc) is 2.52. The zero-order chi connectivity index (χ0) is 16.5. The van der Waals surface area contributed by atoms with Gasteiger partial charge in [-0.3, -0.25) is 4.79 Å². The van der Waals surface area contributed by atoms with Crippen LogP contribution in [0, 0.1) is 5.41 Å². The third-order valence-corrected chi connectivity index (χ3v) is 5.70. The topological polar surface area (TPSA) is 55.8 Å². The molecule has 1 aliphatic heterocycles. The van der Waals surface area contributed by atoms with E-state index in [9.17, 15) is 9.90 Å². The van der Waals surface area contributed by atoms with Crippen LogP contribution in [0.25, 0.3) is 0 Å². The Morgan fingerprint density at radius 1 is 1.30 bits per heavy atom. The van der Waals surface area contributed by atoms with Gasteiger partial charge in [0.05, 0.1) is 29.7 Å². The molecule has 0 amide bonds. The second kappa shape index (κ2) is 6.44. The summed E-state index contributed by atoms with van der Waals surface area (Å²) >= 11 is 3.55. The minimum Gasteiger partial charge on any atom is -0.492 e. The average molecular weight is 383 g/mol. The minimum absolute atomic E-state index is 0.0871. The van der Waals surface area contributed by atoms with Crippen LogP contribution < -0.4 is 4.74 Å². The Kier molecular flexibility index (Phi) is 4.70. The summed E-state index contributed by atoms with van der Waals surface area (Å²) in [6.45, 7) is 4.20. The molecule has 23 heavy (non-hydrogen) atoms. The normalized spacial score (nSPS) is 22.2. The molecule has 2 aliphatic rings. The summed E-state index contributed by atoms with van der Waals surface area (Å²) in [7, 11) is 0. The monoisotopic (exact) mass is 382 g/mol. The molecule has 4 nitrogen and oxygen atoms in total. The number of carbonyl (C=O) groups is 1. The van der Waals surface area contributed by atoms with Crippen LogP contribution in [-0.4, -0.2) is 30.9 Å². The van der Waals surface area contributed by atoms with Gasteiger partial charge in [0.1, 0.15) is 5.75 Å². The maximum absolute atomic E-state index is 11.9. The molecule has 1 aliphatic carbocycles. The van der Waals surface area contributed by atoms with Crippen molar-refractivity contribution < 1.29 is 19.4 Å². The first kappa shape index (κ1) is 16.8. The molecule has 0 unspecified atom stereocenters. The maximum Gasteiger partial charge on any atom is 0.314 e. The number of carboxylic acid groups (broad SMARTS) is 1. The van der Waals surface area contributed by atoms with Crippen molar-refractivity contribution in [3.05, 3.63) is 28.2 Å². The first-order chi connectivity index (χ1) is 11.0. The molecule has 0 bridgehead atoms. The van der Waals surface area contributed by atoms with Crippen molar-refractivity contribution in [2.45, 2.75) is 44.4 Å². The highest BCUT2D eigenvalue weighted by atomic mass is 79.9. The van der Waals surface area contributed by atoms with E-state index in [0.29, 0.717) is 19.4 Å². The van der Waals surface area contributed by atoms with E-state index >= 15 is 0 Å². The lowest BCUT2D eigenvalue weighted by Crippen LogP contribution is -2.44. The van der Waals surface area contributed by atoms with E-state index < -0.39 is 11.4 Å². The van der Waals surface area contributed by atoms with Gasteiger partial charge in [0.2, 0.25) is 0 Å². The molecule has 1 heterocycles. The second-order valence-corrected chi connectivity index (χ2v) is 8.04. The summed E-state index contributed by atoms with van der Waals surface area (Å²) in [4.78, 5) is 11.9. The summed E-state index contributed by atoms with van der Waals surface area (Å²) < 4.78 is 12.0. The number of benzene rings is 1. The number of hydrogen-bond donors (Lipinski definition) is 1. The number of aliphatic carboxylic acids is 1. The highest BCUT2D eigenvalue weighted by Gasteiger charge is 2.41. The molecule has 1 aromatic rings. The Bertz CT molecular complexity index is 589. The molecule has 2 fully saturated rings. The molecular weight excluding hydrogens is 360 g/mol. The number of carboxylic acids is 1. The standard InChI is InChI=1S/C18H23BrO4/c1-17(10-22-11-17)12-23-15-6-5-13(9-14(15)19)18(16(20)21)7-3-2-4-8-18/h5-6,9H,2-4,7-8,10-12H2,1H3,(H,20,21). The Labute approximate surface area is 145 Å². The fraction of sp³-hybridized carbons (Fsp3) is 0.611. The van der Waals surface area contributed by atoms with E-state index in [4.69, 9.17) is 9.47 Å². The van der Waals surface area contributed by atoms with Crippen molar-refractivity contribution in [1.82, 2.24) is 0 Å². The van der Waals surface area contributed by atoms with Gasteiger partial charge in [-0.15, -0.1) is 0 Å². The zero-order valence-electron chi connectivity index (χ0n) is 13.4. The van der Waals surface area contributed by atoms with Crippen molar-refractivity contribution in [3.63, 3.8) is 0 Å². The molecule has 0 aromatic heterocycles. The van der Waals surface area contributed by atoms with Gasteiger partial charge in [0.15, 0.2) is 0 Å². The predicted molar refractivity (Wildman–Crippen MR) is 91.0 cm³/mol. The van der Waals surface area contributed by atoms with Gasteiger partial charge < -0.3 is 14.6 Å². The molecule has 0 atom stereocenters. The van der Waals surface area contributed by atoms with Crippen LogP contribution in [0.1, 0.15) is 44.6 Å². The van der Waals surface area contributed by atoms with Gasteiger partial charge in [-0.2, -0.15) is 0 Å². The van der Waals surface area contributed by atoms with Crippen LogP contribution in [0.3, 0.4) is 0 Å². The molecule has 1 saturated heterocycles. The van der Waals surface area contributed by atoms with Crippen molar-refractivity contribution in [2.75, 3.05) is 19.8 Å². The van der Waals surface area contributed by atoms with Gasteiger partial charge in [0, 0.05) is 5.41 Å². The quantitative estimate of drug-likeness (QED) is 0.830. The van der Waals surface area contributed by atoms with E-state index in [0.717, 1.165) is 48.3 Å². The van der Waals surface area contributed by atoms with Crippen LogP contribution in [0.4, 0.5) is 0 Å². The molecule has 1 aromatic carbocycles. The lowest BCUT2D eigenvalue weighted by Gasteiger charge is -2.37. The molecule has 3 rings (SSSR count). The SMILES string of the molecule is CC1(COc2ccc(C3(C(=O)O)CCCCC3)cc2Br)COC1. The van der Waals surface area contributed by atoms with Crippen LogP contribution >= 0.6 is 15.9 Å². The van der Waals surface area contributed by atoms with E-state index in [-0.39, 0.29) is 5.41 Å². The van der Waals surface area contributed by atoms with Crippen LogP contribution in [0.5, 0.6) is 5.75 Å². The van der Waals surface area contributed by atoms with Crippen molar-refractivity contribution >= 4 is 21.9 Å². The summed E-state index contributed by atoms with van der Waals surface area (Å²) in [5, 5.41) is 9.79. The van der Waals surface area contributed by atoms with Crippen molar-refractivity contribution in [1.29, 1.82) is 0 Å². The smallest absolute Gasteiger partial charge is 0.314 e. The Balaban J connectivity index is 1.78. The van der Waals surface area contributed by atoms with Gasteiger partial charge in [-0.25, -0.2) is 0 Å². The number of hydrogen-bond acceptors (Lipinski definition) is 3. The van der Waals surface area contributed by atoms with Crippen molar-refractivity contribution in [2.24, 2.45) is 5.41 Å². The van der Waals surface area contributed by atoms with Crippen LogP contribution in [-0.2, 0) is 14.9 Å². The summed E-state index contributed by atoms with van der Waals surface area (Å²) in [6, 6.07) is 5.73. The van der Waals surface area contributed by atoms with Gasteiger partial charge in [-0.05, 0) is 46.5 Å². The maximum atomic E-state index is 11.9. The predicted octanol–water partition coefficient (Wildman–Crippen LogP) is 4.15. The molecule has 1 N–H and O–H groups in total. The number of ether oxygens (including phenoxy) is 2. The number of halogens is 1. The molecular formula is C18H23BrO4. The summed E-state index contributed by atoms with van der Waals surface area (Å²) in [6.07, 6.45) is 4.49. The van der Waals surface area contributed by atoms with E-state index in [2.05, 4.69) is 22.9 Å². The Hall–Kier alpha value is -1.07. The molecule has 126 valence electrons. The molecule has 5 heteroatoms. The molecule has 0 radical (unpaired) electrons. The zero-order valence-corrected chi connectivity index (χ0v) is 15.0. The minimum atomic E-state index is -0.743. The molecule has 0 spiro atoms. The second-order valence-electron chi connectivity index (χ2n) is 7.19. The first-order valence-corrected chi connectivity index (χ1v) is 8.99. The number of rotatable bonds is 5. The van der Waals surface area contributed by atoms with Gasteiger partial charge in [-0.1, -0.05) is 32.3 Å². The highest BCUT2D eigenvalue weighted by molar-refractivity contribution is 9.10. The summed E-state index contributed by atoms with van der Waals surface area (Å²) in [5.41, 5.74) is 0.221. The van der Waals surface area contributed by atoms with Gasteiger partial charge >= 0.3 is 5.97 Å². The summed E-state index contributed by atoms with van der Waals surface area (Å²) in [5.74, 6) is 0.0510. The van der Waals surface area contributed by atoms with Crippen LogP contribution in [0.2, 0.25) is 0 Å². The van der Waals surface area contributed by atoms with Crippen LogP contribution in [0.15, 0.2) is 22.7 Å². The Morgan fingerprint density at radius 3 is 2.52 bits per heavy atom. The van der Waals surface area contributed by atoms with E-state index in [1.54, 1.807) is 0 Å². The van der Waals surface area contributed by atoms with Gasteiger partial charge in [0.25, 0.3) is 0 Å². The fourth-order valence-corrected chi connectivity index (χ4v) is 3.98.